The summed E-state index contributed by atoms with van der Waals surface area (Å²) < 4.78 is 0. The highest BCUT2D eigenvalue weighted by molar-refractivity contribution is 6.10. The van der Waals surface area contributed by atoms with Gasteiger partial charge in [-0.2, -0.15) is 0 Å². The number of anilines is 1. The Morgan fingerprint density at radius 3 is 2.50 bits per heavy atom. The highest BCUT2D eigenvalue weighted by atomic mass is 16.6. The van der Waals surface area contributed by atoms with Crippen LogP contribution in [0.25, 0.3) is 10.8 Å². The average Bonchev–Trinajstić information content (AvgIpc) is 2.55. The van der Waals surface area contributed by atoms with Gasteiger partial charge >= 0.3 is 0 Å². The Labute approximate surface area is 137 Å². The molecular weight excluding hydrogens is 308 g/mol. The van der Waals surface area contributed by atoms with Crippen LogP contribution in [0.2, 0.25) is 0 Å². The quantitative estimate of drug-likeness (QED) is 0.563. The van der Waals surface area contributed by atoms with Crippen LogP contribution >= 0.6 is 0 Å². The van der Waals surface area contributed by atoms with Crippen molar-refractivity contribution in [3.63, 3.8) is 0 Å². The Morgan fingerprint density at radius 1 is 1.08 bits per heavy atom. The number of nitrogens with one attached hydrogen (secondary N) is 1. The molecule has 0 saturated heterocycles. The molecule has 0 aliphatic rings. The molecule has 0 aliphatic heterocycles. The van der Waals surface area contributed by atoms with Gasteiger partial charge in [-0.3, -0.25) is 14.9 Å². The van der Waals surface area contributed by atoms with Gasteiger partial charge in [0, 0.05) is 33.7 Å². The number of aryl methyl sites for hydroxylation is 1. The van der Waals surface area contributed by atoms with Crippen molar-refractivity contribution in [2.24, 2.45) is 0 Å². The molecule has 3 aromatic rings. The van der Waals surface area contributed by atoms with E-state index in [0.29, 0.717) is 27.6 Å². The van der Waals surface area contributed by atoms with Crippen LogP contribution in [0.1, 0.15) is 15.9 Å². The Balaban J connectivity index is 1.95. The number of amides is 1. The molecule has 0 fully saturated rings. The van der Waals surface area contributed by atoms with Gasteiger partial charge in [-0.15, -0.1) is 0 Å². The minimum absolute atomic E-state index is 0.0263. The predicted octanol–water partition coefficient (Wildman–Crippen LogP) is 4.01. The molecule has 0 aliphatic carbocycles. The summed E-state index contributed by atoms with van der Waals surface area (Å²) in [5.41, 5.74) is 1.28. The first-order valence-electron chi connectivity index (χ1n) is 7.24. The molecule has 0 atom stereocenters. The minimum Gasteiger partial charge on any atom is -0.507 e. The molecule has 2 N–H and O–H groups in total. The van der Waals surface area contributed by atoms with E-state index in [9.17, 15) is 20.0 Å². The zero-order valence-corrected chi connectivity index (χ0v) is 12.8. The number of rotatable bonds is 3. The first-order valence-corrected chi connectivity index (χ1v) is 7.24. The molecule has 0 saturated carbocycles. The average molecular weight is 322 g/mol. The lowest BCUT2D eigenvalue weighted by Gasteiger charge is -2.10. The minimum atomic E-state index is -0.482. The number of carbonyl (C=O) groups excluding carboxylic acids is 1. The molecule has 0 aromatic heterocycles. The molecule has 3 aromatic carbocycles. The summed E-state index contributed by atoms with van der Waals surface area (Å²) in [7, 11) is 0. The van der Waals surface area contributed by atoms with Crippen molar-refractivity contribution in [3.8, 4) is 5.75 Å². The third-order valence-corrected chi connectivity index (χ3v) is 3.80. The van der Waals surface area contributed by atoms with Crippen LogP contribution in [0.4, 0.5) is 11.4 Å². The monoisotopic (exact) mass is 322 g/mol. The number of carbonyl (C=O) groups is 1. The number of nitro groups is 1. The van der Waals surface area contributed by atoms with Gasteiger partial charge in [-0.05, 0) is 31.2 Å². The molecule has 6 heteroatoms. The number of hydrogen-bond acceptors (Lipinski definition) is 4. The summed E-state index contributed by atoms with van der Waals surface area (Å²) in [5, 5.41) is 24.9. The second kappa shape index (κ2) is 6.00. The first-order chi connectivity index (χ1) is 11.5. The number of phenolic OH excluding ortho intramolecular Hbond substituents is 1. The number of benzene rings is 3. The molecule has 120 valence electrons. The fourth-order valence-electron chi connectivity index (χ4n) is 2.60. The van der Waals surface area contributed by atoms with E-state index in [0.717, 1.165) is 0 Å². The Morgan fingerprint density at radius 2 is 1.79 bits per heavy atom. The van der Waals surface area contributed by atoms with Crippen molar-refractivity contribution in [1.82, 2.24) is 0 Å². The van der Waals surface area contributed by atoms with Gasteiger partial charge in [0.1, 0.15) is 5.75 Å². The molecule has 0 bridgehead atoms. The van der Waals surface area contributed by atoms with Gasteiger partial charge < -0.3 is 10.4 Å². The van der Waals surface area contributed by atoms with E-state index >= 15 is 0 Å². The van der Waals surface area contributed by atoms with Crippen LogP contribution in [0.3, 0.4) is 0 Å². The van der Waals surface area contributed by atoms with Crippen molar-refractivity contribution in [1.29, 1.82) is 0 Å². The van der Waals surface area contributed by atoms with Crippen molar-refractivity contribution in [3.05, 3.63) is 75.8 Å². The number of nitro benzene ring substituents is 1. The van der Waals surface area contributed by atoms with Crippen molar-refractivity contribution < 1.29 is 14.8 Å². The number of nitrogens with zero attached hydrogens (tertiary/aromatic N) is 1. The summed E-state index contributed by atoms with van der Waals surface area (Å²) in [4.78, 5) is 22.8. The van der Waals surface area contributed by atoms with Crippen molar-refractivity contribution >= 4 is 28.1 Å². The maximum absolute atomic E-state index is 12.4. The molecule has 24 heavy (non-hydrogen) atoms. The molecule has 0 unspecified atom stereocenters. The smallest absolute Gasteiger partial charge is 0.272 e. The second-order valence-electron chi connectivity index (χ2n) is 5.39. The number of aromatic hydroxyl groups is 1. The van der Waals surface area contributed by atoms with Gasteiger partial charge in [-0.1, -0.05) is 24.3 Å². The molecule has 3 rings (SSSR count). The number of hydrogen-bond donors (Lipinski definition) is 2. The van der Waals surface area contributed by atoms with E-state index < -0.39 is 4.92 Å². The van der Waals surface area contributed by atoms with Crippen molar-refractivity contribution in [2.75, 3.05) is 5.32 Å². The first kappa shape index (κ1) is 15.5. The van der Waals surface area contributed by atoms with Crippen LogP contribution in [0.5, 0.6) is 5.75 Å². The molecule has 1 amide bonds. The van der Waals surface area contributed by atoms with Crippen LogP contribution < -0.4 is 5.32 Å². The van der Waals surface area contributed by atoms with Crippen molar-refractivity contribution in [2.45, 2.75) is 6.92 Å². The highest BCUT2D eigenvalue weighted by Crippen LogP contribution is 2.30. The van der Waals surface area contributed by atoms with Gasteiger partial charge in [0.2, 0.25) is 0 Å². The summed E-state index contributed by atoms with van der Waals surface area (Å²) in [6.07, 6.45) is 0. The second-order valence-corrected chi connectivity index (χ2v) is 5.39. The lowest BCUT2D eigenvalue weighted by atomic mass is 10.1. The predicted molar refractivity (Wildman–Crippen MR) is 91.4 cm³/mol. The van der Waals surface area contributed by atoms with Gasteiger partial charge in [0.25, 0.3) is 11.6 Å². The van der Waals surface area contributed by atoms with Crippen LogP contribution in [-0.4, -0.2) is 15.9 Å². The molecule has 6 nitrogen and oxygen atoms in total. The normalized spacial score (nSPS) is 10.5. The third kappa shape index (κ3) is 2.77. The summed E-state index contributed by atoms with van der Waals surface area (Å²) in [6.45, 7) is 1.59. The van der Waals surface area contributed by atoms with E-state index in [-0.39, 0.29) is 17.3 Å². The molecule has 0 heterocycles. The SMILES string of the molecule is Cc1cc(C(=O)Nc2cccc3c(O)cccc23)ccc1[N+](=O)[O-]. The lowest BCUT2D eigenvalue weighted by Crippen LogP contribution is -2.12. The summed E-state index contributed by atoms with van der Waals surface area (Å²) >= 11 is 0. The van der Waals surface area contributed by atoms with Crippen LogP contribution in [-0.2, 0) is 0 Å². The zero-order valence-electron chi connectivity index (χ0n) is 12.8. The van der Waals surface area contributed by atoms with E-state index in [1.54, 1.807) is 43.3 Å². The van der Waals surface area contributed by atoms with Crippen LogP contribution in [0, 0.1) is 17.0 Å². The van der Waals surface area contributed by atoms with Crippen LogP contribution in [0.15, 0.2) is 54.6 Å². The molecular formula is C18H14N2O4. The highest BCUT2D eigenvalue weighted by Gasteiger charge is 2.14. The van der Waals surface area contributed by atoms with E-state index in [1.165, 1.54) is 18.2 Å². The third-order valence-electron chi connectivity index (χ3n) is 3.80. The maximum atomic E-state index is 12.4. The fraction of sp³-hybridized carbons (Fsp3) is 0.0556. The number of fused-ring (bicyclic) bond motifs is 1. The standard InChI is InChI=1S/C18H14N2O4/c1-11-10-12(8-9-16(11)20(23)24)18(22)19-15-6-2-5-14-13(15)4-3-7-17(14)21/h2-10,21H,1H3,(H,19,22). The number of phenols is 1. The Kier molecular flexibility index (Phi) is 3.87. The maximum Gasteiger partial charge on any atom is 0.272 e. The Hall–Kier alpha value is -3.41. The van der Waals surface area contributed by atoms with Gasteiger partial charge in [0.05, 0.1) is 4.92 Å². The van der Waals surface area contributed by atoms with Gasteiger partial charge in [-0.25, -0.2) is 0 Å². The summed E-state index contributed by atoms with van der Waals surface area (Å²) in [6, 6.07) is 14.5. The van der Waals surface area contributed by atoms with E-state index in [2.05, 4.69) is 5.32 Å². The Bertz CT molecular complexity index is 966. The van der Waals surface area contributed by atoms with Gasteiger partial charge in [0.15, 0.2) is 0 Å². The molecule has 0 radical (unpaired) electrons. The molecule has 0 spiro atoms. The topological polar surface area (TPSA) is 92.5 Å². The fourth-order valence-corrected chi connectivity index (χ4v) is 2.60. The zero-order chi connectivity index (χ0) is 17.3. The van der Waals surface area contributed by atoms with E-state index in [4.69, 9.17) is 0 Å². The lowest BCUT2D eigenvalue weighted by molar-refractivity contribution is -0.385. The van der Waals surface area contributed by atoms with E-state index in [1.807, 2.05) is 0 Å². The summed E-state index contributed by atoms with van der Waals surface area (Å²) in [5.74, 6) is -0.237. The largest absolute Gasteiger partial charge is 0.507 e.